The number of rotatable bonds is 4. The number of likely N-dealkylation sites (tertiary alicyclic amines) is 1. The average molecular weight is 344 g/mol. The van der Waals surface area contributed by atoms with Crippen LogP contribution in [0.3, 0.4) is 0 Å². The summed E-state index contributed by atoms with van der Waals surface area (Å²) in [5, 5.41) is 0.910. The first-order valence-electron chi connectivity index (χ1n) is 7.39. The molecule has 1 fully saturated rings. The van der Waals surface area contributed by atoms with Gasteiger partial charge in [-0.2, -0.15) is 0 Å². The van der Waals surface area contributed by atoms with Gasteiger partial charge in [0.25, 0.3) is 0 Å². The molecule has 4 nitrogen and oxygen atoms in total. The predicted octanol–water partition coefficient (Wildman–Crippen LogP) is 3.34. The van der Waals surface area contributed by atoms with Crippen molar-refractivity contribution >= 4 is 35.1 Å². The second-order valence-electron chi connectivity index (χ2n) is 5.36. The van der Waals surface area contributed by atoms with E-state index in [0.717, 1.165) is 18.4 Å². The highest BCUT2D eigenvalue weighted by atomic mass is 35.5. The van der Waals surface area contributed by atoms with Gasteiger partial charge in [0, 0.05) is 13.1 Å². The van der Waals surface area contributed by atoms with E-state index < -0.39 is 0 Å². The number of benzene rings is 1. The number of carbonyl (C=O) groups is 2. The van der Waals surface area contributed by atoms with Crippen LogP contribution in [0.4, 0.5) is 0 Å². The number of hydrogen-bond acceptors (Lipinski definition) is 3. The molecule has 0 spiro atoms. The lowest BCUT2D eigenvalue weighted by molar-refractivity contribution is -0.151. The van der Waals surface area contributed by atoms with Gasteiger partial charge in [0.2, 0.25) is 5.91 Å². The second kappa shape index (κ2) is 7.84. The molecule has 0 aromatic heterocycles. The Morgan fingerprint density at radius 1 is 1.32 bits per heavy atom. The van der Waals surface area contributed by atoms with Crippen molar-refractivity contribution in [2.75, 3.05) is 19.7 Å². The molecule has 120 valence electrons. The van der Waals surface area contributed by atoms with Crippen molar-refractivity contribution in [1.82, 2.24) is 4.90 Å². The zero-order valence-electron chi connectivity index (χ0n) is 12.5. The Balaban J connectivity index is 1.96. The van der Waals surface area contributed by atoms with E-state index in [4.69, 9.17) is 27.9 Å². The summed E-state index contributed by atoms with van der Waals surface area (Å²) in [6.45, 7) is 3.26. The molecule has 1 saturated heterocycles. The lowest BCUT2D eigenvalue weighted by Gasteiger charge is -2.31. The number of hydrogen-bond donors (Lipinski definition) is 0. The van der Waals surface area contributed by atoms with Crippen molar-refractivity contribution in [3.8, 4) is 0 Å². The monoisotopic (exact) mass is 343 g/mol. The minimum Gasteiger partial charge on any atom is -0.466 e. The Bertz CT molecular complexity index is 562. The third-order valence-electron chi connectivity index (χ3n) is 3.73. The molecule has 1 aromatic rings. The molecule has 1 amide bonds. The van der Waals surface area contributed by atoms with Crippen LogP contribution in [-0.4, -0.2) is 36.5 Å². The maximum atomic E-state index is 12.4. The molecule has 0 radical (unpaired) electrons. The molecule has 0 N–H and O–H groups in total. The molecule has 1 atom stereocenters. The van der Waals surface area contributed by atoms with Crippen LogP contribution in [0.2, 0.25) is 10.0 Å². The van der Waals surface area contributed by atoms with Gasteiger partial charge >= 0.3 is 5.97 Å². The summed E-state index contributed by atoms with van der Waals surface area (Å²) in [7, 11) is 0. The number of amides is 1. The highest BCUT2D eigenvalue weighted by molar-refractivity contribution is 6.42. The summed E-state index contributed by atoms with van der Waals surface area (Å²) in [5.41, 5.74) is 0.817. The molecule has 1 heterocycles. The van der Waals surface area contributed by atoms with Gasteiger partial charge in [-0.1, -0.05) is 29.3 Å². The molecule has 0 saturated carbocycles. The van der Waals surface area contributed by atoms with E-state index in [1.165, 1.54) is 0 Å². The van der Waals surface area contributed by atoms with Gasteiger partial charge in [0.1, 0.15) is 0 Å². The third kappa shape index (κ3) is 4.37. The zero-order chi connectivity index (χ0) is 16.1. The Hall–Kier alpha value is -1.26. The van der Waals surface area contributed by atoms with Crippen molar-refractivity contribution in [3.05, 3.63) is 33.8 Å². The van der Waals surface area contributed by atoms with E-state index in [2.05, 4.69) is 0 Å². The fourth-order valence-electron chi connectivity index (χ4n) is 2.59. The summed E-state index contributed by atoms with van der Waals surface area (Å²) in [5.74, 6) is -0.437. The van der Waals surface area contributed by atoms with E-state index in [1.807, 2.05) is 0 Å². The van der Waals surface area contributed by atoms with Gasteiger partial charge in [-0.15, -0.1) is 0 Å². The molecule has 1 aromatic carbocycles. The highest BCUT2D eigenvalue weighted by Gasteiger charge is 2.29. The molecular weight excluding hydrogens is 325 g/mol. The summed E-state index contributed by atoms with van der Waals surface area (Å²) in [6, 6.07) is 5.18. The third-order valence-corrected chi connectivity index (χ3v) is 4.47. The van der Waals surface area contributed by atoms with Gasteiger partial charge in [-0.25, -0.2) is 0 Å². The normalized spacial score (nSPS) is 18.1. The van der Waals surface area contributed by atoms with E-state index in [1.54, 1.807) is 30.0 Å². The minimum atomic E-state index is -0.216. The lowest BCUT2D eigenvalue weighted by Crippen LogP contribution is -2.43. The Kier molecular flexibility index (Phi) is 6.09. The van der Waals surface area contributed by atoms with Crippen LogP contribution in [0, 0.1) is 5.92 Å². The second-order valence-corrected chi connectivity index (χ2v) is 6.17. The van der Waals surface area contributed by atoms with Crippen molar-refractivity contribution < 1.29 is 14.3 Å². The Morgan fingerprint density at radius 2 is 2.09 bits per heavy atom. The fourth-order valence-corrected chi connectivity index (χ4v) is 2.91. The van der Waals surface area contributed by atoms with E-state index in [9.17, 15) is 9.59 Å². The van der Waals surface area contributed by atoms with Crippen LogP contribution in [-0.2, 0) is 20.7 Å². The summed E-state index contributed by atoms with van der Waals surface area (Å²) < 4.78 is 5.05. The van der Waals surface area contributed by atoms with Gasteiger partial charge in [-0.3, -0.25) is 9.59 Å². The van der Waals surface area contributed by atoms with Crippen LogP contribution >= 0.6 is 23.2 Å². The van der Waals surface area contributed by atoms with Crippen LogP contribution in [0.5, 0.6) is 0 Å². The van der Waals surface area contributed by atoms with E-state index in [0.29, 0.717) is 29.7 Å². The van der Waals surface area contributed by atoms with Crippen molar-refractivity contribution in [1.29, 1.82) is 0 Å². The number of ether oxygens (including phenoxy) is 1. The molecule has 2 rings (SSSR count). The molecule has 0 aliphatic carbocycles. The summed E-state index contributed by atoms with van der Waals surface area (Å²) in [4.78, 5) is 25.9. The standard InChI is InChI=1S/C16H19Cl2NO3/c1-2-22-16(21)12-4-3-7-19(10-12)15(20)9-11-5-6-13(17)14(18)8-11/h5-6,8,12H,2-4,7,9-10H2,1H3. The van der Waals surface area contributed by atoms with Crippen LogP contribution in [0.1, 0.15) is 25.3 Å². The smallest absolute Gasteiger partial charge is 0.310 e. The molecular formula is C16H19Cl2NO3. The van der Waals surface area contributed by atoms with E-state index >= 15 is 0 Å². The average Bonchev–Trinajstić information content (AvgIpc) is 2.51. The minimum absolute atomic E-state index is 0.00705. The number of piperidine rings is 1. The fraction of sp³-hybridized carbons (Fsp3) is 0.500. The SMILES string of the molecule is CCOC(=O)C1CCCN(C(=O)Cc2ccc(Cl)c(Cl)c2)C1. The molecule has 1 aliphatic rings. The first-order valence-corrected chi connectivity index (χ1v) is 8.15. The van der Waals surface area contributed by atoms with Crippen molar-refractivity contribution in [3.63, 3.8) is 0 Å². The predicted molar refractivity (Wildman–Crippen MR) is 86.1 cm³/mol. The van der Waals surface area contributed by atoms with Crippen LogP contribution in [0.25, 0.3) is 0 Å². The quantitative estimate of drug-likeness (QED) is 0.787. The van der Waals surface area contributed by atoms with E-state index in [-0.39, 0.29) is 24.2 Å². The zero-order valence-corrected chi connectivity index (χ0v) is 14.0. The summed E-state index contributed by atoms with van der Waals surface area (Å²) >= 11 is 11.8. The maximum absolute atomic E-state index is 12.4. The highest BCUT2D eigenvalue weighted by Crippen LogP contribution is 2.24. The van der Waals surface area contributed by atoms with Gasteiger partial charge in [0.15, 0.2) is 0 Å². The van der Waals surface area contributed by atoms with Gasteiger partial charge in [-0.05, 0) is 37.5 Å². The number of halogens is 2. The molecule has 22 heavy (non-hydrogen) atoms. The van der Waals surface area contributed by atoms with Crippen LogP contribution in [0.15, 0.2) is 18.2 Å². The first kappa shape index (κ1) is 17.1. The number of carbonyl (C=O) groups excluding carboxylic acids is 2. The number of esters is 1. The summed E-state index contributed by atoms with van der Waals surface area (Å²) in [6.07, 6.45) is 1.85. The largest absolute Gasteiger partial charge is 0.466 e. The Labute approximate surface area is 140 Å². The van der Waals surface area contributed by atoms with Gasteiger partial charge < -0.3 is 9.64 Å². The lowest BCUT2D eigenvalue weighted by atomic mass is 9.97. The maximum Gasteiger partial charge on any atom is 0.310 e. The topological polar surface area (TPSA) is 46.6 Å². The molecule has 1 unspecified atom stereocenters. The van der Waals surface area contributed by atoms with Gasteiger partial charge in [0.05, 0.1) is 29.0 Å². The number of nitrogens with zero attached hydrogens (tertiary/aromatic N) is 1. The molecule has 6 heteroatoms. The Morgan fingerprint density at radius 3 is 2.77 bits per heavy atom. The van der Waals surface area contributed by atoms with Crippen molar-refractivity contribution in [2.24, 2.45) is 5.92 Å². The van der Waals surface area contributed by atoms with Crippen LogP contribution < -0.4 is 0 Å². The first-order chi connectivity index (χ1) is 10.5. The molecule has 1 aliphatic heterocycles. The van der Waals surface area contributed by atoms with Crippen molar-refractivity contribution in [2.45, 2.75) is 26.2 Å². The molecule has 0 bridgehead atoms.